The van der Waals surface area contributed by atoms with Crippen LogP contribution < -0.4 is 0 Å². The highest BCUT2D eigenvalue weighted by atomic mass is 17.2. The zero-order chi connectivity index (χ0) is 10.3. The molecule has 0 N–H and O–H groups in total. The minimum atomic E-state index is -0.486. The Morgan fingerprint density at radius 2 is 2.00 bits per heavy atom. The van der Waals surface area contributed by atoms with Crippen molar-refractivity contribution in [2.75, 3.05) is 0 Å². The van der Waals surface area contributed by atoms with Crippen LogP contribution in [-0.2, 0) is 19.4 Å². The van der Waals surface area contributed by atoms with E-state index in [-0.39, 0.29) is 6.42 Å². The lowest BCUT2D eigenvalue weighted by Crippen LogP contribution is -2.21. The van der Waals surface area contributed by atoms with Crippen molar-refractivity contribution < 1.29 is 19.4 Å². The van der Waals surface area contributed by atoms with Crippen molar-refractivity contribution in [1.82, 2.24) is 0 Å². The minimum absolute atomic E-state index is 0.217. The third-order valence-electron chi connectivity index (χ3n) is 1.09. The van der Waals surface area contributed by atoms with Gasteiger partial charge in [-0.25, -0.2) is 4.79 Å². The van der Waals surface area contributed by atoms with Crippen LogP contribution in [0.15, 0.2) is 0 Å². The molecule has 0 bridgehead atoms. The number of unbranched alkanes of at least 4 members (excludes halogenated alkanes) is 1. The van der Waals surface area contributed by atoms with Crippen LogP contribution in [0, 0.1) is 0 Å². The fourth-order valence-electron chi connectivity index (χ4n) is 0.543. The Hall–Kier alpha value is -0.900. The minimum Gasteiger partial charge on any atom is -0.303 e. The van der Waals surface area contributed by atoms with E-state index in [1.165, 1.54) is 0 Å². The Morgan fingerprint density at radius 1 is 1.38 bits per heavy atom. The van der Waals surface area contributed by atoms with E-state index >= 15 is 0 Å². The van der Waals surface area contributed by atoms with Gasteiger partial charge in [0.2, 0.25) is 0 Å². The molecule has 0 radical (unpaired) electrons. The second-order valence-corrected chi connectivity index (χ2v) is 3.71. The zero-order valence-corrected chi connectivity index (χ0v) is 8.33. The van der Waals surface area contributed by atoms with Gasteiger partial charge in [0.1, 0.15) is 11.9 Å². The van der Waals surface area contributed by atoms with Crippen LogP contribution in [0.3, 0.4) is 0 Å². The number of hydrogen-bond acceptors (Lipinski definition) is 4. The SMILES string of the molecule is CC(C)(C)OOC(=O)CCCC=O. The highest BCUT2D eigenvalue weighted by molar-refractivity contribution is 5.69. The van der Waals surface area contributed by atoms with Gasteiger partial charge in [-0.05, 0) is 27.2 Å². The molecule has 4 heteroatoms. The largest absolute Gasteiger partial charge is 0.342 e. The molecule has 0 heterocycles. The van der Waals surface area contributed by atoms with Crippen LogP contribution in [-0.4, -0.2) is 17.9 Å². The summed E-state index contributed by atoms with van der Waals surface area (Å²) in [5, 5.41) is 0. The second kappa shape index (κ2) is 5.70. The van der Waals surface area contributed by atoms with E-state index in [2.05, 4.69) is 4.89 Å². The zero-order valence-electron chi connectivity index (χ0n) is 8.33. The fraction of sp³-hybridized carbons (Fsp3) is 0.778. The average Bonchev–Trinajstić information content (AvgIpc) is 2.00. The lowest BCUT2D eigenvalue weighted by molar-refractivity contribution is -0.320. The predicted molar refractivity (Wildman–Crippen MR) is 46.8 cm³/mol. The fourth-order valence-corrected chi connectivity index (χ4v) is 0.543. The van der Waals surface area contributed by atoms with Crippen molar-refractivity contribution in [2.45, 2.75) is 45.6 Å². The Kier molecular flexibility index (Phi) is 5.30. The third-order valence-corrected chi connectivity index (χ3v) is 1.09. The second-order valence-electron chi connectivity index (χ2n) is 3.71. The van der Waals surface area contributed by atoms with Gasteiger partial charge in [-0.1, -0.05) is 0 Å². The van der Waals surface area contributed by atoms with Crippen molar-refractivity contribution >= 4 is 12.3 Å². The molecule has 0 saturated heterocycles. The van der Waals surface area contributed by atoms with E-state index in [1.807, 2.05) is 0 Å². The molecule has 0 aliphatic carbocycles. The van der Waals surface area contributed by atoms with Gasteiger partial charge in [0, 0.05) is 12.8 Å². The Morgan fingerprint density at radius 3 is 2.46 bits per heavy atom. The first-order valence-electron chi connectivity index (χ1n) is 4.28. The molecule has 0 aliphatic rings. The van der Waals surface area contributed by atoms with Gasteiger partial charge in [-0.2, -0.15) is 4.89 Å². The first-order valence-corrected chi connectivity index (χ1v) is 4.28. The number of rotatable bonds is 5. The van der Waals surface area contributed by atoms with Crippen LogP contribution in [0.4, 0.5) is 0 Å². The lowest BCUT2D eigenvalue weighted by atomic mass is 10.2. The van der Waals surface area contributed by atoms with E-state index in [1.54, 1.807) is 20.8 Å². The molecule has 13 heavy (non-hydrogen) atoms. The molecule has 0 unspecified atom stereocenters. The van der Waals surface area contributed by atoms with Gasteiger partial charge in [0.05, 0.1) is 0 Å². The quantitative estimate of drug-likeness (QED) is 0.285. The first-order chi connectivity index (χ1) is 5.95. The number of carbonyl (C=O) groups is 2. The van der Waals surface area contributed by atoms with E-state index in [0.717, 1.165) is 6.29 Å². The highest BCUT2D eigenvalue weighted by Crippen LogP contribution is 2.08. The molecule has 0 aromatic heterocycles. The maximum atomic E-state index is 10.9. The summed E-state index contributed by atoms with van der Waals surface area (Å²) in [4.78, 5) is 30.1. The summed E-state index contributed by atoms with van der Waals surface area (Å²) in [5.41, 5.74) is -0.486. The van der Waals surface area contributed by atoms with Crippen molar-refractivity contribution in [3.63, 3.8) is 0 Å². The Labute approximate surface area is 78.1 Å². The van der Waals surface area contributed by atoms with Crippen LogP contribution in [0.25, 0.3) is 0 Å². The summed E-state index contributed by atoms with van der Waals surface area (Å²) >= 11 is 0. The maximum absolute atomic E-state index is 10.9. The highest BCUT2D eigenvalue weighted by Gasteiger charge is 2.14. The van der Waals surface area contributed by atoms with Crippen molar-refractivity contribution in [3.8, 4) is 0 Å². The molecular formula is C9H16O4. The molecular weight excluding hydrogens is 172 g/mol. The third kappa shape index (κ3) is 9.01. The number of hydrogen-bond donors (Lipinski definition) is 0. The van der Waals surface area contributed by atoms with Crippen LogP contribution in [0.5, 0.6) is 0 Å². The summed E-state index contributed by atoms with van der Waals surface area (Å²) < 4.78 is 0. The lowest BCUT2D eigenvalue weighted by Gasteiger charge is -2.16. The van der Waals surface area contributed by atoms with Crippen molar-refractivity contribution in [1.29, 1.82) is 0 Å². The number of carbonyl (C=O) groups excluding carboxylic acids is 2. The molecule has 0 amide bonds. The van der Waals surface area contributed by atoms with Crippen LogP contribution >= 0.6 is 0 Å². The predicted octanol–water partition coefficient (Wildman–Crippen LogP) is 1.63. The normalized spacial score (nSPS) is 11.0. The van der Waals surface area contributed by atoms with Gasteiger partial charge < -0.3 is 4.79 Å². The van der Waals surface area contributed by atoms with Crippen LogP contribution in [0.2, 0.25) is 0 Å². The Balaban J connectivity index is 3.46. The summed E-state index contributed by atoms with van der Waals surface area (Å²) in [6.45, 7) is 5.35. The smallest absolute Gasteiger partial charge is 0.303 e. The first kappa shape index (κ1) is 12.1. The van der Waals surface area contributed by atoms with E-state index < -0.39 is 11.6 Å². The van der Waals surface area contributed by atoms with Gasteiger partial charge >= 0.3 is 5.97 Å². The molecule has 76 valence electrons. The molecule has 0 rings (SSSR count). The molecule has 0 spiro atoms. The summed E-state index contributed by atoms with van der Waals surface area (Å²) in [6, 6.07) is 0. The summed E-state index contributed by atoms with van der Waals surface area (Å²) in [7, 11) is 0. The summed E-state index contributed by atoms with van der Waals surface area (Å²) in [5.74, 6) is -0.434. The molecule has 0 aromatic rings. The Bertz CT molecular complexity index is 169. The molecule has 0 aromatic carbocycles. The molecule has 0 saturated carbocycles. The molecule has 0 atom stereocenters. The topological polar surface area (TPSA) is 52.6 Å². The molecule has 4 nitrogen and oxygen atoms in total. The molecule has 0 fully saturated rings. The standard InChI is InChI=1S/C9H16O4/c1-9(2,3)13-12-8(11)6-4-5-7-10/h7H,4-6H2,1-3H3. The van der Waals surface area contributed by atoms with E-state index in [9.17, 15) is 9.59 Å². The maximum Gasteiger partial charge on any atom is 0.342 e. The van der Waals surface area contributed by atoms with Crippen molar-refractivity contribution in [3.05, 3.63) is 0 Å². The van der Waals surface area contributed by atoms with Gasteiger partial charge in [-0.15, -0.1) is 0 Å². The average molecular weight is 188 g/mol. The monoisotopic (exact) mass is 188 g/mol. The number of aldehydes is 1. The van der Waals surface area contributed by atoms with Gasteiger partial charge in [0.15, 0.2) is 0 Å². The van der Waals surface area contributed by atoms with E-state index in [4.69, 9.17) is 4.89 Å². The van der Waals surface area contributed by atoms with Gasteiger partial charge in [0.25, 0.3) is 0 Å². The van der Waals surface area contributed by atoms with Crippen molar-refractivity contribution in [2.24, 2.45) is 0 Å². The molecule has 0 aliphatic heterocycles. The van der Waals surface area contributed by atoms with E-state index in [0.29, 0.717) is 12.8 Å². The summed E-state index contributed by atoms with van der Waals surface area (Å²) in [6.07, 6.45) is 1.88. The van der Waals surface area contributed by atoms with Crippen LogP contribution in [0.1, 0.15) is 40.0 Å². The van der Waals surface area contributed by atoms with Gasteiger partial charge in [-0.3, -0.25) is 4.89 Å².